The Morgan fingerprint density at radius 1 is 0.909 bits per heavy atom. The first-order valence-corrected chi connectivity index (χ1v) is 8.20. The van der Waals surface area contributed by atoms with Crippen LogP contribution in [0, 0.1) is 34.6 Å². The molecule has 0 aromatic heterocycles. The van der Waals surface area contributed by atoms with Gasteiger partial charge in [-0.3, -0.25) is 4.79 Å². The second-order valence-corrected chi connectivity index (χ2v) is 6.93. The molecule has 3 heteroatoms. The molecule has 0 heterocycles. The number of carbonyl (C=O) groups is 1. The Morgan fingerprint density at radius 3 is 1.91 bits per heavy atom. The Labute approximate surface area is 141 Å². The number of hydrogen-bond acceptors (Lipinski definition) is 1. The van der Waals surface area contributed by atoms with E-state index in [4.69, 9.17) is 0 Å². The van der Waals surface area contributed by atoms with Crippen LogP contribution in [0.3, 0.4) is 0 Å². The summed E-state index contributed by atoms with van der Waals surface area (Å²) in [6, 6.07) is 8.30. The molecule has 0 aliphatic heterocycles. The van der Waals surface area contributed by atoms with E-state index in [1.807, 2.05) is 26.0 Å². The van der Waals surface area contributed by atoms with E-state index < -0.39 is 0 Å². The molecule has 0 unspecified atom stereocenters. The fraction of sp³-hybridized carbons (Fsp3) is 0.316. The van der Waals surface area contributed by atoms with E-state index in [0.717, 1.165) is 26.9 Å². The highest BCUT2D eigenvalue weighted by atomic mass is 79.9. The van der Waals surface area contributed by atoms with Crippen LogP contribution in [0.2, 0.25) is 0 Å². The minimum absolute atomic E-state index is 0.0311. The van der Waals surface area contributed by atoms with Gasteiger partial charge in [0.15, 0.2) is 0 Å². The van der Waals surface area contributed by atoms with E-state index in [-0.39, 0.29) is 5.91 Å². The van der Waals surface area contributed by atoms with Crippen LogP contribution in [-0.2, 0) is 11.2 Å². The van der Waals surface area contributed by atoms with Crippen LogP contribution in [0.4, 0.5) is 5.69 Å². The first-order chi connectivity index (χ1) is 10.3. The number of rotatable bonds is 3. The van der Waals surface area contributed by atoms with Gasteiger partial charge in [-0.15, -0.1) is 0 Å². The van der Waals surface area contributed by atoms with Gasteiger partial charge in [-0.05, 0) is 74.6 Å². The topological polar surface area (TPSA) is 29.1 Å². The van der Waals surface area contributed by atoms with Gasteiger partial charge in [-0.2, -0.15) is 0 Å². The maximum atomic E-state index is 12.4. The molecule has 2 aromatic rings. The Balaban J connectivity index is 2.22. The van der Waals surface area contributed by atoms with Crippen LogP contribution in [0.1, 0.15) is 33.4 Å². The van der Waals surface area contributed by atoms with Crippen molar-refractivity contribution in [1.29, 1.82) is 0 Å². The van der Waals surface area contributed by atoms with Crippen LogP contribution >= 0.6 is 15.9 Å². The molecule has 2 nitrogen and oxygen atoms in total. The van der Waals surface area contributed by atoms with E-state index >= 15 is 0 Å². The highest BCUT2D eigenvalue weighted by Crippen LogP contribution is 2.25. The zero-order valence-corrected chi connectivity index (χ0v) is 15.4. The monoisotopic (exact) mass is 359 g/mol. The lowest BCUT2D eigenvalue weighted by molar-refractivity contribution is -0.115. The summed E-state index contributed by atoms with van der Waals surface area (Å²) in [6.45, 7) is 10.2. The lowest BCUT2D eigenvalue weighted by Gasteiger charge is -2.14. The number of benzene rings is 2. The molecule has 2 aromatic carbocycles. The lowest BCUT2D eigenvalue weighted by Crippen LogP contribution is -2.17. The summed E-state index contributed by atoms with van der Waals surface area (Å²) >= 11 is 3.48. The molecule has 1 N–H and O–H groups in total. The van der Waals surface area contributed by atoms with Gasteiger partial charge in [-0.25, -0.2) is 0 Å². The SMILES string of the molecule is Cc1cc(C)c(CC(=O)Nc2c(C)cc(Br)cc2C)c(C)c1. The van der Waals surface area contributed by atoms with Gasteiger partial charge in [0.1, 0.15) is 0 Å². The second-order valence-electron chi connectivity index (χ2n) is 6.02. The van der Waals surface area contributed by atoms with Gasteiger partial charge >= 0.3 is 0 Å². The van der Waals surface area contributed by atoms with E-state index in [2.05, 4.69) is 54.2 Å². The van der Waals surface area contributed by atoms with Gasteiger partial charge in [-0.1, -0.05) is 33.6 Å². The van der Waals surface area contributed by atoms with Crippen molar-refractivity contribution in [2.45, 2.75) is 41.0 Å². The first-order valence-electron chi connectivity index (χ1n) is 7.41. The number of carbonyl (C=O) groups excluding carboxylic acids is 1. The molecule has 0 fully saturated rings. The summed E-state index contributed by atoms with van der Waals surface area (Å²) in [5, 5.41) is 3.06. The molecule has 0 atom stereocenters. The Bertz CT molecular complexity index is 627. The zero-order chi connectivity index (χ0) is 16.4. The number of halogens is 1. The molecule has 1 amide bonds. The largest absolute Gasteiger partial charge is 0.325 e. The van der Waals surface area contributed by atoms with Crippen molar-refractivity contribution < 1.29 is 4.79 Å². The zero-order valence-electron chi connectivity index (χ0n) is 13.8. The summed E-state index contributed by atoms with van der Waals surface area (Å²) < 4.78 is 1.03. The summed E-state index contributed by atoms with van der Waals surface area (Å²) in [5.41, 5.74) is 7.76. The van der Waals surface area contributed by atoms with Crippen molar-refractivity contribution in [2.75, 3.05) is 5.32 Å². The Kier molecular flexibility index (Phi) is 5.07. The van der Waals surface area contributed by atoms with Crippen LogP contribution in [0.25, 0.3) is 0 Å². The predicted octanol–water partition coefficient (Wildman–Crippen LogP) is 5.17. The minimum Gasteiger partial charge on any atom is -0.325 e. The first kappa shape index (κ1) is 16.8. The van der Waals surface area contributed by atoms with E-state index in [0.29, 0.717) is 6.42 Å². The minimum atomic E-state index is 0.0311. The summed E-state index contributed by atoms with van der Waals surface area (Å²) in [4.78, 5) is 12.4. The lowest BCUT2D eigenvalue weighted by atomic mass is 9.97. The third kappa shape index (κ3) is 3.77. The highest BCUT2D eigenvalue weighted by Gasteiger charge is 2.12. The molecular weight excluding hydrogens is 338 g/mol. The predicted molar refractivity (Wildman–Crippen MR) is 96.6 cm³/mol. The van der Waals surface area contributed by atoms with Crippen LogP contribution in [0.15, 0.2) is 28.7 Å². The molecule has 0 radical (unpaired) electrons. The molecule has 2 rings (SSSR count). The van der Waals surface area contributed by atoms with Crippen molar-refractivity contribution in [3.05, 3.63) is 62.1 Å². The molecule has 22 heavy (non-hydrogen) atoms. The van der Waals surface area contributed by atoms with Crippen molar-refractivity contribution in [3.8, 4) is 0 Å². The number of nitrogens with one attached hydrogen (secondary N) is 1. The van der Waals surface area contributed by atoms with E-state index in [1.54, 1.807) is 0 Å². The van der Waals surface area contributed by atoms with Gasteiger partial charge < -0.3 is 5.32 Å². The number of aryl methyl sites for hydroxylation is 5. The molecule has 0 saturated carbocycles. The summed E-state index contributed by atoms with van der Waals surface area (Å²) in [6.07, 6.45) is 0.410. The fourth-order valence-electron chi connectivity index (χ4n) is 2.94. The van der Waals surface area contributed by atoms with Crippen LogP contribution < -0.4 is 5.32 Å². The van der Waals surface area contributed by atoms with Crippen LogP contribution in [-0.4, -0.2) is 5.91 Å². The van der Waals surface area contributed by atoms with Crippen molar-refractivity contribution >= 4 is 27.5 Å². The number of hydrogen-bond donors (Lipinski definition) is 1. The number of anilines is 1. The van der Waals surface area contributed by atoms with Crippen molar-refractivity contribution in [2.24, 2.45) is 0 Å². The normalized spacial score (nSPS) is 10.6. The summed E-state index contributed by atoms with van der Waals surface area (Å²) in [5.74, 6) is 0.0311. The van der Waals surface area contributed by atoms with Gasteiger partial charge in [0.2, 0.25) is 5.91 Å². The third-order valence-corrected chi connectivity index (χ3v) is 4.40. The molecule has 0 bridgehead atoms. The average Bonchev–Trinajstić information content (AvgIpc) is 2.38. The van der Waals surface area contributed by atoms with Crippen LogP contribution in [0.5, 0.6) is 0 Å². The summed E-state index contributed by atoms with van der Waals surface area (Å²) in [7, 11) is 0. The molecule has 116 valence electrons. The standard InChI is InChI=1S/C19H22BrNO/c1-11-6-12(2)17(13(3)7-11)10-18(22)21-19-14(4)8-16(20)9-15(19)5/h6-9H,10H2,1-5H3,(H,21,22). The van der Waals surface area contributed by atoms with E-state index in [9.17, 15) is 4.79 Å². The Morgan fingerprint density at radius 2 is 1.41 bits per heavy atom. The maximum absolute atomic E-state index is 12.4. The van der Waals surface area contributed by atoms with E-state index in [1.165, 1.54) is 16.7 Å². The van der Waals surface area contributed by atoms with Gasteiger partial charge in [0, 0.05) is 10.2 Å². The van der Waals surface area contributed by atoms with Gasteiger partial charge in [0.05, 0.1) is 6.42 Å². The second kappa shape index (κ2) is 6.66. The molecule has 0 aliphatic carbocycles. The van der Waals surface area contributed by atoms with Crippen molar-refractivity contribution in [3.63, 3.8) is 0 Å². The Hall–Kier alpha value is -1.61. The highest BCUT2D eigenvalue weighted by molar-refractivity contribution is 9.10. The fourth-order valence-corrected chi connectivity index (χ4v) is 3.63. The molecule has 0 saturated heterocycles. The molecule has 0 spiro atoms. The quantitative estimate of drug-likeness (QED) is 0.804. The maximum Gasteiger partial charge on any atom is 0.228 e. The molecule has 0 aliphatic rings. The smallest absolute Gasteiger partial charge is 0.228 e. The van der Waals surface area contributed by atoms with Crippen molar-refractivity contribution in [1.82, 2.24) is 0 Å². The molecular formula is C19H22BrNO. The van der Waals surface area contributed by atoms with Gasteiger partial charge in [0.25, 0.3) is 0 Å². The number of amides is 1. The average molecular weight is 360 g/mol. The third-order valence-electron chi connectivity index (χ3n) is 3.94.